The van der Waals surface area contributed by atoms with Crippen molar-refractivity contribution in [1.29, 1.82) is 0 Å². The molecule has 1 aromatic rings. The molecule has 1 N–H and O–H groups in total. The number of carbonyl (C=O) groups excluding carboxylic acids is 1. The van der Waals surface area contributed by atoms with Gasteiger partial charge in [0.1, 0.15) is 0 Å². The lowest BCUT2D eigenvalue weighted by Gasteiger charge is -2.09. The van der Waals surface area contributed by atoms with Crippen LogP contribution in [-0.4, -0.2) is 24.1 Å². The van der Waals surface area contributed by atoms with Gasteiger partial charge in [-0.05, 0) is 25.5 Å². The van der Waals surface area contributed by atoms with Crippen LogP contribution in [0, 0.1) is 0 Å². The van der Waals surface area contributed by atoms with Gasteiger partial charge in [0.05, 0.1) is 11.1 Å². The summed E-state index contributed by atoms with van der Waals surface area (Å²) >= 11 is 5.86. The third kappa shape index (κ3) is 4.16. The van der Waals surface area contributed by atoms with E-state index >= 15 is 0 Å². The summed E-state index contributed by atoms with van der Waals surface area (Å²) < 4.78 is 5.05. The van der Waals surface area contributed by atoms with E-state index in [9.17, 15) is 4.79 Å². The molecule has 1 aromatic heterocycles. The molecule has 0 aliphatic carbocycles. The molecule has 0 spiro atoms. The fourth-order valence-corrected chi connectivity index (χ4v) is 1.29. The topological polar surface area (TPSA) is 51.2 Å². The molecule has 88 valence electrons. The minimum atomic E-state index is -0.107. The van der Waals surface area contributed by atoms with Crippen molar-refractivity contribution in [1.82, 2.24) is 4.98 Å². The molecule has 0 saturated heterocycles. The lowest BCUT2D eigenvalue weighted by Crippen LogP contribution is -2.16. The van der Waals surface area contributed by atoms with Crippen molar-refractivity contribution in [2.45, 2.75) is 25.9 Å². The number of pyridine rings is 1. The molecule has 0 aliphatic rings. The smallest absolute Gasteiger partial charge is 0.225 e. The fraction of sp³-hybridized carbons (Fsp3) is 0.455. The van der Waals surface area contributed by atoms with E-state index in [4.69, 9.17) is 16.3 Å². The summed E-state index contributed by atoms with van der Waals surface area (Å²) in [6.45, 7) is 1.92. The van der Waals surface area contributed by atoms with Crippen molar-refractivity contribution in [3.8, 4) is 0 Å². The maximum atomic E-state index is 11.5. The first-order valence-corrected chi connectivity index (χ1v) is 5.44. The van der Waals surface area contributed by atoms with Crippen LogP contribution in [0.1, 0.15) is 19.8 Å². The number of hydrogen-bond donors (Lipinski definition) is 1. The summed E-state index contributed by atoms with van der Waals surface area (Å²) in [5, 5.41) is 3.09. The van der Waals surface area contributed by atoms with E-state index in [2.05, 4.69) is 10.3 Å². The Bertz CT molecular complexity index is 358. The Balaban J connectivity index is 2.43. The average molecular weight is 243 g/mol. The highest BCUT2D eigenvalue weighted by atomic mass is 35.5. The van der Waals surface area contributed by atoms with Crippen LogP contribution >= 0.6 is 11.6 Å². The Labute approximate surface area is 100.0 Å². The first-order valence-electron chi connectivity index (χ1n) is 5.06. The molecule has 1 unspecified atom stereocenters. The van der Waals surface area contributed by atoms with E-state index in [1.807, 2.05) is 6.92 Å². The van der Waals surface area contributed by atoms with Gasteiger partial charge in [0.2, 0.25) is 5.91 Å². The Kier molecular flexibility index (Phi) is 5.22. The molecule has 0 aromatic carbocycles. The van der Waals surface area contributed by atoms with E-state index in [0.29, 0.717) is 23.7 Å². The van der Waals surface area contributed by atoms with Crippen molar-refractivity contribution >= 4 is 23.3 Å². The number of methoxy groups -OCH3 is 1. The number of carbonyl (C=O) groups is 1. The van der Waals surface area contributed by atoms with Crippen LogP contribution in [0.2, 0.25) is 5.02 Å². The quantitative estimate of drug-likeness (QED) is 0.863. The second-order valence-electron chi connectivity index (χ2n) is 3.47. The summed E-state index contributed by atoms with van der Waals surface area (Å²) in [6.07, 6.45) is 2.72. The number of ether oxygens (including phenoxy) is 1. The highest BCUT2D eigenvalue weighted by Gasteiger charge is 2.08. The molecule has 1 heterocycles. The monoisotopic (exact) mass is 242 g/mol. The molecule has 0 saturated carbocycles. The summed E-state index contributed by atoms with van der Waals surface area (Å²) in [6, 6.07) is 3.40. The summed E-state index contributed by atoms with van der Waals surface area (Å²) in [4.78, 5) is 15.5. The lowest BCUT2D eigenvalue weighted by molar-refractivity contribution is -0.116. The fourth-order valence-electron chi connectivity index (χ4n) is 1.12. The first kappa shape index (κ1) is 12.9. The van der Waals surface area contributed by atoms with Gasteiger partial charge in [0, 0.05) is 19.7 Å². The zero-order valence-corrected chi connectivity index (χ0v) is 10.1. The lowest BCUT2D eigenvalue weighted by atomic mass is 10.2. The Hall–Kier alpha value is -1.13. The Morgan fingerprint density at radius 1 is 1.69 bits per heavy atom. The minimum absolute atomic E-state index is 0.0740. The van der Waals surface area contributed by atoms with Crippen LogP contribution in [0.4, 0.5) is 5.82 Å². The molecular weight excluding hydrogens is 228 g/mol. The first-order chi connectivity index (χ1) is 7.63. The molecule has 0 aliphatic heterocycles. The van der Waals surface area contributed by atoms with Gasteiger partial charge in [-0.25, -0.2) is 4.98 Å². The molecule has 16 heavy (non-hydrogen) atoms. The molecule has 0 fully saturated rings. The standard InChI is InChI=1S/C11H15ClN2O2/c1-8(16-2)5-6-10(15)14-11-9(12)4-3-7-13-11/h3-4,7-8H,5-6H2,1-2H3,(H,13,14,15). The maximum Gasteiger partial charge on any atom is 0.225 e. The van der Waals surface area contributed by atoms with Crippen LogP contribution in [0.15, 0.2) is 18.3 Å². The van der Waals surface area contributed by atoms with E-state index in [-0.39, 0.29) is 12.0 Å². The van der Waals surface area contributed by atoms with E-state index in [0.717, 1.165) is 0 Å². The number of nitrogens with one attached hydrogen (secondary N) is 1. The molecule has 5 heteroatoms. The minimum Gasteiger partial charge on any atom is -0.382 e. The predicted octanol–water partition coefficient (Wildman–Crippen LogP) is 2.49. The molecule has 0 radical (unpaired) electrons. The zero-order chi connectivity index (χ0) is 12.0. The van der Waals surface area contributed by atoms with Gasteiger partial charge < -0.3 is 10.1 Å². The van der Waals surface area contributed by atoms with Crippen molar-refractivity contribution in [3.63, 3.8) is 0 Å². The van der Waals surface area contributed by atoms with Crippen LogP contribution in [0.3, 0.4) is 0 Å². The number of rotatable bonds is 5. The largest absolute Gasteiger partial charge is 0.382 e. The number of nitrogens with zero attached hydrogens (tertiary/aromatic N) is 1. The summed E-state index contributed by atoms with van der Waals surface area (Å²) in [5.74, 6) is 0.295. The van der Waals surface area contributed by atoms with Gasteiger partial charge in [-0.15, -0.1) is 0 Å². The number of halogens is 1. The van der Waals surface area contributed by atoms with E-state index in [1.54, 1.807) is 25.4 Å². The Morgan fingerprint density at radius 3 is 3.06 bits per heavy atom. The molecule has 0 bridgehead atoms. The highest BCUT2D eigenvalue weighted by Crippen LogP contribution is 2.17. The van der Waals surface area contributed by atoms with E-state index in [1.165, 1.54) is 0 Å². The number of hydrogen-bond acceptors (Lipinski definition) is 3. The molecule has 1 amide bonds. The molecule has 1 atom stereocenters. The van der Waals surface area contributed by atoms with Crippen molar-refractivity contribution in [2.24, 2.45) is 0 Å². The number of aromatic nitrogens is 1. The van der Waals surface area contributed by atoms with Crippen molar-refractivity contribution in [2.75, 3.05) is 12.4 Å². The number of anilines is 1. The number of amides is 1. The van der Waals surface area contributed by atoms with Crippen LogP contribution in [0.25, 0.3) is 0 Å². The van der Waals surface area contributed by atoms with Gasteiger partial charge in [-0.1, -0.05) is 11.6 Å². The molecule has 1 rings (SSSR count). The van der Waals surface area contributed by atoms with Gasteiger partial charge in [-0.2, -0.15) is 0 Å². The SMILES string of the molecule is COC(C)CCC(=O)Nc1ncccc1Cl. The maximum absolute atomic E-state index is 11.5. The predicted molar refractivity (Wildman–Crippen MR) is 63.6 cm³/mol. The zero-order valence-electron chi connectivity index (χ0n) is 9.37. The summed E-state index contributed by atoms with van der Waals surface area (Å²) in [7, 11) is 1.62. The third-order valence-electron chi connectivity index (χ3n) is 2.20. The van der Waals surface area contributed by atoms with Crippen LogP contribution in [-0.2, 0) is 9.53 Å². The molecular formula is C11H15ClN2O2. The van der Waals surface area contributed by atoms with Crippen LogP contribution < -0.4 is 5.32 Å². The van der Waals surface area contributed by atoms with E-state index < -0.39 is 0 Å². The summed E-state index contributed by atoms with van der Waals surface area (Å²) in [5.41, 5.74) is 0. The normalized spacial score (nSPS) is 12.2. The Morgan fingerprint density at radius 2 is 2.44 bits per heavy atom. The van der Waals surface area contributed by atoms with Gasteiger partial charge in [0.25, 0.3) is 0 Å². The second kappa shape index (κ2) is 6.45. The van der Waals surface area contributed by atoms with Crippen molar-refractivity contribution < 1.29 is 9.53 Å². The van der Waals surface area contributed by atoms with Crippen LogP contribution in [0.5, 0.6) is 0 Å². The molecule has 4 nitrogen and oxygen atoms in total. The van der Waals surface area contributed by atoms with Crippen molar-refractivity contribution in [3.05, 3.63) is 23.4 Å². The highest BCUT2D eigenvalue weighted by molar-refractivity contribution is 6.33. The third-order valence-corrected chi connectivity index (χ3v) is 2.50. The second-order valence-corrected chi connectivity index (χ2v) is 3.87. The average Bonchev–Trinajstić information content (AvgIpc) is 2.29. The van der Waals surface area contributed by atoms with Gasteiger partial charge in [-0.3, -0.25) is 4.79 Å². The van der Waals surface area contributed by atoms with Gasteiger partial charge >= 0.3 is 0 Å². The van der Waals surface area contributed by atoms with Gasteiger partial charge in [0.15, 0.2) is 5.82 Å².